The summed E-state index contributed by atoms with van der Waals surface area (Å²) in [5.41, 5.74) is 4.36. The average molecular weight is 297 g/mol. The molecule has 0 saturated heterocycles. The molecule has 1 heterocycles. The third kappa shape index (κ3) is 2.77. The number of benzene rings is 3. The molecule has 0 unspecified atom stereocenters. The molecule has 0 radical (unpaired) electrons. The molecule has 1 N–H and O–H groups in total. The Hall–Kier alpha value is -3.20. The van der Waals surface area contributed by atoms with Crippen LogP contribution in [0.1, 0.15) is 0 Å². The summed E-state index contributed by atoms with van der Waals surface area (Å²) in [7, 11) is 0. The molecular weight excluding hydrogens is 282 g/mol. The first kappa shape index (κ1) is 13.5. The number of anilines is 2. The first-order valence-electron chi connectivity index (χ1n) is 7.52. The monoisotopic (exact) mass is 297 g/mol. The molecule has 0 aliphatic rings. The average Bonchev–Trinajstić information content (AvgIpc) is 2.63. The van der Waals surface area contributed by atoms with Crippen LogP contribution in [0.25, 0.3) is 22.0 Å². The van der Waals surface area contributed by atoms with Gasteiger partial charge in [0, 0.05) is 11.1 Å². The number of hydrogen-bond acceptors (Lipinski definition) is 3. The molecule has 1 aromatic heterocycles. The van der Waals surface area contributed by atoms with Crippen LogP contribution in [0.15, 0.2) is 85.2 Å². The second-order valence-electron chi connectivity index (χ2n) is 5.31. The van der Waals surface area contributed by atoms with E-state index in [9.17, 15) is 0 Å². The van der Waals surface area contributed by atoms with E-state index in [1.165, 1.54) is 11.1 Å². The van der Waals surface area contributed by atoms with Gasteiger partial charge in [-0.15, -0.1) is 0 Å². The fourth-order valence-corrected chi connectivity index (χ4v) is 2.62. The van der Waals surface area contributed by atoms with E-state index in [1.54, 1.807) is 6.33 Å². The highest BCUT2D eigenvalue weighted by atomic mass is 15.0. The van der Waals surface area contributed by atoms with Crippen molar-refractivity contribution < 1.29 is 0 Å². The highest BCUT2D eigenvalue weighted by Crippen LogP contribution is 2.25. The maximum atomic E-state index is 4.36. The predicted molar refractivity (Wildman–Crippen MR) is 94.7 cm³/mol. The van der Waals surface area contributed by atoms with E-state index < -0.39 is 0 Å². The van der Waals surface area contributed by atoms with Crippen molar-refractivity contribution in [3.8, 4) is 11.1 Å². The number of aromatic nitrogens is 2. The van der Waals surface area contributed by atoms with E-state index in [-0.39, 0.29) is 0 Å². The van der Waals surface area contributed by atoms with Crippen LogP contribution in [-0.4, -0.2) is 9.97 Å². The van der Waals surface area contributed by atoms with E-state index in [0.29, 0.717) is 0 Å². The van der Waals surface area contributed by atoms with Gasteiger partial charge < -0.3 is 5.32 Å². The zero-order valence-corrected chi connectivity index (χ0v) is 12.5. The molecule has 3 aromatic carbocycles. The standard InChI is InChI=1S/C20H15N3/c1-2-6-15(7-3-1)16-10-12-17(13-11-16)23-20-18-8-4-5-9-19(18)21-14-22-20/h1-14H,(H,21,22,23). The minimum atomic E-state index is 0.822. The van der Waals surface area contributed by atoms with Crippen molar-refractivity contribution >= 4 is 22.4 Å². The van der Waals surface area contributed by atoms with Crippen LogP contribution in [0, 0.1) is 0 Å². The topological polar surface area (TPSA) is 37.8 Å². The first-order valence-corrected chi connectivity index (χ1v) is 7.52. The van der Waals surface area contributed by atoms with Gasteiger partial charge in [-0.05, 0) is 35.4 Å². The van der Waals surface area contributed by atoms with Gasteiger partial charge in [0.15, 0.2) is 0 Å². The van der Waals surface area contributed by atoms with Crippen molar-refractivity contribution in [3.05, 3.63) is 85.2 Å². The smallest absolute Gasteiger partial charge is 0.141 e. The van der Waals surface area contributed by atoms with Gasteiger partial charge in [0.2, 0.25) is 0 Å². The molecule has 0 spiro atoms. The maximum Gasteiger partial charge on any atom is 0.141 e. The Bertz CT molecular complexity index is 926. The van der Waals surface area contributed by atoms with Crippen molar-refractivity contribution in [1.82, 2.24) is 9.97 Å². The normalized spacial score (nSPS) is 10.6. The molecule has 0 atom stereocenters. The summed E-state index contributed by atoms with van der Waals surface area (Å²) >= 11 is 0. The Labute approximate surface area is 134 Å². The Morgan fingerprint density at radius 2 is 1.30 bits per heavy atom. The van der Waals surface area contributed by atoms with E-state index >= 15 is 0 Å². The fraction of sp³-hybridized carbons (Fsp3) is 0. The Kier molecular flexibility index (Phi) is 3.45. The summed E-state index contributed by atoms with van der Waals surface area (Å²) in [6, 6.07) is 26.7. The summed E-state index contributed by atoms with van der Waals surface area (Å²) in [4.78, 5) is 8.65. The number of nitrogens with one attached hydrogen (secondary N) is 1. The maximum absolute atomic E-state index is 4.36. The SMILES string of the molecule is c1ccc(-c2ccc(Nc3ncnc4ccccc34)cc2)cc1. The number of nitrogens with zero attached hydrogens (tertiary/aromatic N) is 2. The molecule has 4 rings (SSSR count). The van der Waals surface area contributed by atoms with Crippen LogP contribution in [0.3, 0.4) is 0 Å². The lowest BCUT2D eigenvalue weighted by atomic mass is 10.1. The number of rotatable bonds is 3. The lowest BCUT2D eigenvalue weighted by molar-refractivity contribution is 1.22. The molecule has 23 heavy (non-hydrogen) atoms. The summed E-state index contributed by atoms with van der Waals surface area (Å²) < 4.78 is 0. The quantitative estimate of drug-likeness (QED) is 0.575. The van der Waals surface area contributed by atoms with E-state index in [1.807, 2.05) is 30.3 Å². The van der Waals surface area contributed by atoms with Crippen molar-refractivity contribution in [2.24, 2.45) is 0 Å². The van der Waals surface area contributed by atoms with Gasteiger partial charge >= 0.3 is 0 Å². The van der Waals surface area contributed by atoms with Gasteiger partial charge in [0.05, 0.1) is 5.52 Å². The van der Waals surface area contributed by atoms with Gasteiger partial charge in [-0.25, -0.2) is 9.97 Å². The Morgan fingerprint density at radius 3 is 2.13 bits per heavy atom. The largest absolute Gasteiger partial charge is 0.340 e. The van der Waals surface area contributed by atoms with Crippen LogP contribution >= 0.6 is 0 Å². The molecule has 0 bridgehead atoms. The van der Waals surface area contributed by atoms with E-state index in [4.69, 9.17) is 0 Å². The molecule has 0 aliphatic carbocycles. The predicted octanol–water partition coefficient (Wildman–Crippen LogP) is 5.04. The number of para-hydroxylation sites is 1. The minimum Gasteiger partial charge on any atom is -0.340 e. The molecule has 110 valence electrons. The molecule has 0 aliphatic heterocycles. The zero-order chi connectivity index (χ0) is 15.5. The second kappa shape index (κ2) is 5.89. The fourth-order valence-electron chi connectivity index (χ4n) is 2.62. The number of fused-ring (bicyclic) bond motifs is 1. The molecule has 0 saturated carbocycles. The molecule has 3 nitrogen and oxygen atoms in total. The third-order valence-electron chi connectivity index (χ3n) is 3.80. The van der Waals surface area contributed by atoms with Crippen molar-refractivity contribution in [1.29, 1.82) is 0 Å². The second-order valence-corrected chi connectivity index (χ2v) is 5.31. The minimum absolute atomic E-state index is 0.822. The number of hydrogen-bond donors (Lipinski definition) is 1. The highest BCUT2D eigenvalue weighted by molar-refractivity contribution is 5.90. The molecule has 4 aromatic rings. The van der Waals surface area contributed by atoms with Crippen LogP contribution < -0.4 is 5.32 Å². The van der Waals surface area contributed by atoms with E-state index in [2.05, 4.69) is 63.8 Å². The summed E-state index contributed by atoms with van der Waals surface area (Å²) in [5.74, 6) is 0.822. The van der Waals surface area contributed by atoms with Crippen molar-refractivity contribution in [2.45, 2.75) is 0 Å². The third-order valence-corrected chi connectivity index (χ3v) is 3.80. The Morgan fingerprint density at radius 1 is 0.609 bits per heavy atom. The molecular formula is C20H15N3. The van der Waals surface area contributed by atoms with Gasteiger partial charge in [0.1, 0.15) is 12.1 Å². The molecule has 0 fully saturated rings. The van der Waals surface area contributed by atoms with Crippen LogP contribution in [0.4, 0.5) is 11.5 Å². The zero-order valence-electron chi connectivity index (χ0n) is 12.5. The van der Waals surface area contributed by atoms with Gasteiger partial charge in [0.25, 0.3) is 0 Å². The molecule has 0 amide bonds. The van der Waals surface area contributed by atoms with Gasteiger partial charge in [-0.3, -0.25) is 0 Å². The summed E-state index contributed by atoms with van der Waals surface area (Å²) in [6.07, 6.45) is 1.59. The Balaban J connectivity index is 1.64. The van der Waals surface area contributed by atoms with Crippen molar-refractivity contribution in [2.75, 3.05) is 5.32 Å². The van der Waals surface area contributed by atoms with E-state index in [0.717, 1.165) is 22.4 Å². The lowest BCUT2D eigenvalue weighted by Crippen LogP contribution is -1.95. The van der Waals surface area contributed by atoms with Gasteiger partial charge in [-0.2, -0.15) is 0 Å². The highest BCUT2D eigenvalue weighted by Gasteiger charge is 2.03. The van der Waals surface area contributed by atoms with Crippen molar-refractivity contribution in [3.63, 3.8) is 0 Å². The van der Waals surface area contributed by atoms with Gasteiger partial charge in [-0.1, -0.05) is 54.6 Å². The lowest BCUT2D eigenvalue weighted by Gasteiger charge is -2.09. The molecule has 3 heteroatoms. The summed E-state index contributed by atoms with van der Waals surface area (Å²) in [6.45, 7) is 0. The summed E-state index contributed by atoms with van der Waals surface area (Å²) in [5, 5.41) is 4.39. The van der Waals surface area contributed by atoms with Crippen LogP contribution in [0.2, 0.25) is 0 Å². The first-order chi connectivity index (χ1) is 11.4. The van der Waals surface area contributed by atoms with Crippen LogP contribution in [-0.2, 0) is 0 Å². The van der Waals surface area contributed by atoms with Crippen LogP contribution in [0.5, 0.6) is 0 Å².